The molecule has 132 valence electrons. The number of anilines is 1. The van der Waals surface area contributed by atoms with Gasteiger partial charge in [0.05, 0.1) is 6.61 Å². The predicted octanol–water partition coefficient (Wildman–Crippen LogP) is 2.25. The van der Waals surface area contributed by atoms with Crippen molar-refractivity contribution in [3.8, 4) is 11.1 Å². The van der Waals surface area contributed by atoms with E-state index in [0.717, 1.165) is 16.8 Å². The number of rotatable bonds is 6. The molecule has 6 nitrogen and oxygen atoms in total. The number of hydrogen-bond acceptors (Lipinski definition) is 6. The zero-order valence-corrected chi connectivity index (χ0v) is 14.7. The van der Waals surface area contributed by atoms with Crippen molar-refractivity contribution >= 4 is 11.7 Å². The van der Waals surface area contributed by atoms with Crippen molar-refractivity contribution in [3.63, 3.8) is 0 Å². The topological polar surface area (TPSA) is 93.6 Å². The van der Waals surface area contributed by atoms with Gasteiger partial charge in [-0.15, -0.1) is 0 Å². The van der Waals surface area contributed by atoms with Gasteiger partial charge in [0, 0.05) is 12.7 Å². The number of aryl methyl sites for hydroxylation is 1. The highest BCUT2D eigenvalue weighted by Gasteiger charge is 2.17. The molecule has 0 aliphatic carbocycles. The summed E-state index contributed by atoms with van der Waals surface area (Å²) in [6.45, 7) is 4.02. The average Bonchev–Trinajstić information content (AvgIpc) is 2.62. The first-order valence-electron chi connectivity index (χ1n) is 8.02. The molecule has 25 heavy (non-hydrogen) atoms. The second-order valence-corrected chi connectivity index (χ2v) is 5.60. The summed E-state index contributed by atoms with van der Waals surface area (Å²) < 4.78 is 4.94. The van der Waals surface area contributed by atoms with E-state index in [1.807, 2.05) is 24.3 Å². The number of hydrogen-bond donors (Lipinski definition) is 3. The van der Waals surface area contributed by atoms with Gasteiger partial charge in [0.1, 0.15) is 5.82 Å². The van der Waals surface area contributed by atoms with Gasteiger partial charge in [-0.25, -0.2) is 4.79 Å². The highest BCUT2D eigenvalue weighted by molar-refractivity contribution is 5.89. The minimum absolute atomic E-state index is 0.0203. The summed E-state index contributed by atoms with van der Waals surface area (Å²) in [5, 5.41) is 0. The van der Waals surface area contributed by atoms with Gasteiger partial charge >= 0.3 is 5.97 Å². The number of carbonyl (C=O) groups is 1. The number of carbonyl (C=O) groups excluding carboxylic acids is 1. The van der Waals surface area contributed by atoms with Gasteiger partial charge in [0.15, 0.2) is 5.70 Å². The Morgan fingerprint density at radius 2 is 1.60 bits per heavy atom. The molecule has 0 saturated heterocycles. The lowest BCUT2D eigenvalue weighted by molar-refractivity contribution is -0.139. The first kappa shape index (κ1) is 18.4. The summed E-state index contributed by atoms with van der Waals surface area (Å²) >= 11 is 0. The summed E-state index contributed by atoms with van der Waals surface area (Å²) in [4.78, 5) is 13.6. The van der Waals surface area contributed by atoms with Crippen LogP contribution in [-0.2, 0) is 9.53 Å². The van der Waals surface area contributed by atoms with Crippen LogP contribution >= 0.6 is 0 Å². The van der Waals surface area contributed by atoms with Crippen LogP contribution < -0.4 is 21.9 Å². The molecule has 0 saturated carbocycles. The van der Waals surface area contributed by atoms with Crippen molar-refractivity contribution in [2.24, 2.45) is 11.6 Å². The number of hydrazine groups is 1. The van der Waals surface area contributed by atoms with E-state index in [1.54, 1.807) is 18.9 Å². The number of nitrogens with two attached hydrogens (primary N) is 2. The van der Waals surface area contributed by atoms with Gasteiger partial charge in [0.25, 0.3) is 0 Å². The number of ether oxygens (including phenoxy) is 1. The maximum absolute atomic E-state index is 11.9. The maximum Gasteiger partial charge on any atom is 0.359 e. The molecule has 0 bridgehead atoms. The lowest BCUT2D eigenvalue weighted by Crippen LogP contribution is -2.36. The molecule has 0 spiro atoms. The molecular weight excluding hydrogens is 316 g/mol. The molecular formula is C19H24N4O2. The SMILES string of the molecule is CCOC(=O)/C(NN)=C(/N)N(C)c1ccc(-c2ccc(C)cc2)cc1. The Kier molecular flexibility index (Phi) is 6.03. The summed E-state index contributed by atoms with van der Waals surface area (Å²) in [6.07, 6.45) is 0. The Morgan fingerprint density at radius 3 is 2.08 bits per heavy atom. The maximum atomic E-state index is 11.9. The number of nitrogens with zero attached hydrogens (tertiary/aromatic N) is 1. The molecule has 6 heteroatoms. The molecule has 0 aliphatic heterocycles. The molecule has 2 aromatic carbocycles. The summed E-state index contributed by atoms with van der Waals surface area (Å²) in [5.41, 5.74) is 12.7. The minimum atomic E-state index is -0.592. The molecule has 0 fully saturated rings. The normalized spacial score (nSPS) is 11.5. The minimum Gasteiger partial charge on any atom is -0.461 e. The summed E-state index contributed by atoms with van der Waals surface area (Å²) in [6, 6.07) is 16.2. The van der Waals surface area contributed by atoms with Crippen molar-refractivity contribution in [3.05, 3.63) is 65.6 Å². The van der Waals surface area contributed by atoms with Crippen molar-refractivity contribution < 1.29 is 9.53 Å². The van der Waals surface area contributed by atoms with E-state index in [9.17, 15) is 4.79 Å². The second-order valence-electron chi connectivity index (χ2n) is 5.60. The third kappa shape index (κ3) is 4.30. The summed E-state index contributed by atoms with van der Waals surface area (Å²) in [5.74, 6) is 5.01. The van der Waals surface area contributed by atoms with Gasteiger partial charge in [-0.05, 0) is 37.1 Å². The number of esters is 1. The quantitative estimate of drug-likeness (QED) is 0.323. The van der Waals surface area contributed by atoms with Crippen LogP contribution in [0.15, 0.2) is 60.0 Å². The number of nitrogens with one attached hydrogen (secondary N) is 1. The monoisotopic (exact) mass is 340 g/mol. The third-order valence-electron chi connectivity index (χ3n) is 3.88. The van der Waals surface area contributed by atoms with Gasteiger partial charge in [-0.3, -0.25) is 5.84 Å². The Bertz CT molecular complexity index is 752. The molecule has 0 radical (unpaired) electrons. The standard InChI is InChI=1S/C19H24N4O2/c1-4-25-19(24)17(22-21)18(20)23(3)16-11-9-15(10-12-16)14-7-5-13(2)6-8-14/h5-12,22H,4,20-21H2,1-3H3/b18-17+. The fraction of sp³-hybridized carbons (Fsp3) is 0.211. The van der Waals surface area contributed by atoms with E-state index < -0.39 is 5.97 Å². The van der Waals surface area contributed by atoms with Crippen LogP contribution in [0.3, 0.4) is 0 Å². The van der Waals surface area contributed by atoms with Gasteiger partial charge in [0.2, 0.25) is 0 Å². The molecule has 0 aliphatic rings. The Morgan fingerprint density at radius 1 is 1.08 bits per heavy atom. The van der Waals surface area contributed by atoms with Crippen molar-refractivity contribution in [2.75, 3.05) is 18.6 Å². The van der Waals surface area contributed by atoms with E-state index in [-0.39, 0.29) is 18.1 Å². The van der Waals surface area contributed by atoms with E-state index >= 15 is 0 Å². The van der Waals surface area contributed by atoms with E-state index in [1.165, 1.54) is 5.56 Å². The lowest BCUT2D eigenvalue weighted by Gasteiger charge is -2.22. The Balaban J connectivity index is 2.25. The molecule has 2 aromatic rings. The fourth-order valence-corrected chi connectivity index (χ4v) is 2.37. The zero-order valence-electron chi connectivity index (χ0n) is 14.7. The smallest absolute Gasteiger partial charge is 0.359 e. The van der Waals surface area contributed by atoms with Crippen molar-refractivity contribution in [1.29, 1.82) is 0 Å². The second kappa shape index (κ2) is 8.21. The molecule has 0 aromatic heterocycles. The Hall–Kier alpha value is -2.99. The third-order valence-corrected chi connectivity index (χ3v) is 3.88. The first-order valence-corrected chi connectivity index (χ1v) is 8.02. The molecule has 0 amide bonds. The molecule has 5 N–H and O–H groups in total. The van der Waals surface area contributed by atoms with Crippen molar-refractivity contribution in [2.45, 2.75) is 13.8 Å². The zero-order chi connectivity index (χ0) is 18.4. The van der Waals surface area contributed by atoms with Gasteiger partial charge in [-0.1, -0.05) is 42.0 Å². The summed E-state index contributed by atoms with van der Waals surface area (Å²) in [7, 11) is 1.76. The van der Waals surface area contributed by atoms with Gasteiger partial charge < -0.3 is 20.8 Å². The van der Waals surface area contributed by atoms with Crippen LogP contribution in [0.4, 0.5) is 5.69 Å². The first-order chi connectivity index (χ1) is 12.0. The molecule has 0 heterocycles. The lowest BCUT2D eigenvalue weighted by atomic mass is 10.0. The largest absolute Gasteiger partial charge is 0.461 e. The van der Waals surface area contributed by atoms with Crippen LogP contribution in [0.2, 0.25) is 0 Å². The van der Waals surface area contributed by atoms with E-state index in [0.29, 0.717) is 0 Å². The van der Waals surface area contributed by atoms with Crippen molar-refractivity contribution in [1.82, 2.24) is 5.43 Å². The molecule has 0 unspecified atom stereocenters. The van der Waals surface area contributed by atoms with Crippen LogP contribution in [-0.4, -0.2) is 19.6 Å². The Labute approximate surface area is 148 Å². The van der Waals surface area contributed by atoms with Crippen LogP contribution in [0, 0.1) is 6.92 Å². The predicted molar refractivity (Wildman–Crippen MR) is 100 cm³/mol. The highest BCUT2D eigenvalue weighted by atomic mass is 16.5. The number of benzene rings is 2. The fourth-order valence-electron chi connectivity index (χ4n) is 2.37. The van der Waals surface area contributed by atoms with Crippen LogP contribution in [0.5, 0.6) is 0 Å². The molecule has 0 atom stereocenters. The highest BCUT2D eigenvalue weighted by Crippen LogP contribution is 2.24. The van der Waals surface area contributed by atoms with E-state index in [2.05, 4.69) is 36.6 Å². The van der Waals surface area contributed by atoms with Crippen LogP contribution in [0.1, 0.15) is 12.5 Å². The van der Waals surface area contributed by atoms with E-state index in [4.69, 9.17) is 16.3 Å². The van der Waals surface area contributed by atoms with Crippen LogP contribution in [0.25, 0.3) is 11.1 Å². The molecule has 2 rings (SSSR count). The average molecular weight is 340 g/mol. The van der Waals surface area contributed by atoms with Gasteiger partial charge in [-0.2, -0.15) is 0 Å².